The van der Waals surface area contributed by atoms with Crippen molar-refractivity contribution in [3.63, 3.8) is 0 Å². The van der Waals surface area contributed by atoms with E-state index in [9.17, 15) is 4.79 Å². The number of carbonyl (C=O) groups excluding carboxylic acids is 1. The minimum absolute atomic E-state index is 0.249. The summed E-state index contributed by atoms with van der Waals surface area (Å²) in [5.74, 6) is 1.48. The highest BCUT2D eigenvalue weighted by Crippen LogP contribution is 2.33. The Morgan fingerprint density at radius 1 is 1.23 bits per heavy atom. The standard InChI is InChI=1S/C18H20N2O2/c21-16-8-2-6-14-13(16)5-3-9-17(14)22-10-12-4-1-7-15-18(12)20-11-19-15/h3,5,9,11-12H,1-2,4,6-8,10H2,(H,19,20). The van der Waals surface area contributed by atoms with Crippen LogP contribution >= 0.6 is 0 Å². The van der Waals surface area contributed by atoms with Crippen molar-refractivity contribution in [2.45, 2.75) is 44.4 Å². The van der Waals surface area contributed by atoms with Crippen LogP contribution in [0, 0.1) is 0 Å². The molecule has 4 rings (SSSR count). The molecule has 0 spiro atoms. The zero-order chi connectivity index (χ0) is 14.9. The first-order chi connectivity index (χ1) is 10.8. The molecule has 4 nitrogen and oxygen atoms in total. The monoisotopic (exact) mass is 296 g/mol. The van der Waals surface area contributed by atoms with E-state index in [1.54, 1.807) is 6.33 Å². The van der Waals surface area contributed by atoms with Crippen LogP contribution < -0.4 is 4.74 Å². The molecule has 2 aromatic rings. The van der Waals surface area contributed by atoms with Crippen LogP contribution in [0.15, 0.2) is 24.5 Å². The number of Topliss-reactive ketones (excluding diaryl/α,β-unsaturated/α-hetero) is 1. The van der Waals surface area contributed by atoms with E-state index in [1.165, 1.54) is 12.1 Å². The van der Waals surface area contributed by atoms with E-state index >= 15 is 0 Å². The van der Waals surface area contributed by atoms with Gasteiger partial charge >= 0.3 is 0 Å². The Kier molecular flexibility index (Phi) is 3.45. The van der Waals surface area contributed by atoms with Crippen molar-refractivity contribution in [2.24, 2.45) is 0 Å². The number of ketones is 1. The quantitative estimate of drug-likeness (QED) is 0.944. The van der Waals surface area contributed by atoms with E-state index in [-0.39, 0.29) is 5.78 Å². The number of rotatable bonds is 3. The Bertz CT molecular complexity index is 705. The number of ether oxygens (including phenoxy) is 1. The van der Waals surface area contributed by atoms with E-state index in [0.717, 1.165) is 48.3 Å². The second-order valence-electron chi connectivity index (χ2n) is 6.23. The van der Waals surface area contributed by atoms with Crippen molar-refractivity contribution in [1.82, 2.24) is 9.97 Å². The van der Waals surface area contributed by atoms with Crippen molar-refractivity contribution in [3.8, 4) is 5.75 Å². The fourth-order valence-electron chi connectivity index (χ4n) is 3.68. The molecule has 4 heteroatoms. The highest BCUT2D eigenvalue weighted by atomic mass is 16.5. The first kappa shape index (κ1) is 13.6. The Balaban J connectivity index is 1.54. The number of aromatic nitrogens is 2. The number of nitrogens with one attached hydrogen (secondary N) is 1. The van der Waals surface area contributed by atoms with Crippen molar-refractivity contribution in [3.05, 3.63) is 47.0 Å². The zero-order valence-corrected chi connectivity index (χ0v) is 12.6. The maximum atomic E-state index is 12.0. The van der Waals surface area contributed by atoms with E-state index in [4.69, 9.17) is 4.74 Å². The molecule has 0 bridgehead atoms. The first-order valence-corrected chi connectivity index (χ1v) is 8.13. The molecular weight excluding hydrogens is 276 g/mol. The lowest BCUT2D eigenvalue weighted by Crippen LogP contribution is -2.18. The van der Waals surface area contributed by atoms with E-state index < -0.39 is 0 Å². The SMILES string of the molecule is O=C1CCCc2c(OCC3CCCc4[nH]cnc43)cccc21. The minimum atomic E-state index is 0.249. The van der Waals surface area contributed by atoms with Gasteiger partial charge in [-0.15, -0.1) is 0 Å². The second kappa shape index (κ2) is 5.59. The number of aromatic amines is 1. The van der Waals surface area contributed by atoms with Crippen molar-refractivity contribution in [2.75, 3.05) is 6.61 Å². The Morgan fingerprint density at radius 2 is 2.18 bits per heavy atom. The van der Waals surface area contributed by atoms with E-state index in [1.807, 2.05) is 18.2 Å². The van der Waals surface area contributed by atoms with Crippen molar-refractivity contribution >= 4 is 5.78 Å². The lowest BCUT2D eigenvalue weighted by molar-refractivity contribution is 0.0971. The number of benzene rings is 1. The maximum Gasteiger partial charge on any atom is 0.163 e. The predicted octanol–water partition coefficient (Wildman–Crippen LogP) is 3.43. The average Bonchev–Trinajstić information content (AvgIpc) is 3.02. The third-order valence-electron chi connectivity index (χ3n) is 4.82. The van der Waals surface area contributed by atoms with Gasteiger partial charge in [0.1, 0.15) is 5.75 Å². The summed E-state index contributed by atoms with van der Waals surface area (Å²) in [6.45, 7) is 0.641. The summed E-state index contributed by atoms with van der Waals surface area (Å²) < 4.78 is 6.11. The van der Waals surface area contributed by atoms with Crippen LogP contribution in [0.2, 0.25) is 0 Å². The maximum absolute atomic E-state index is 12.0. The molecule has 1 atom stereocenters. The molecule has 2 aliphatic rings. The van der Waals surface area contributed by atoms with Crippen LogP contribution in [-0.4, -0.2) is 22.4 Å². The smallest absolute Gasteiger partial charge is 0.163 e. The summed E-state index contributed by atoms with van der Waals surface area (Å²) >= 11 is 0. The number of H-pyrrole nitrogens is 1. The molecule has 0 saturated heterocycles. The molecular formula is C18H20N2O2. The highest BCUT2D eigenvalue weighted by molar-refractivity contribution is 5.99. The van der Waals surface area contributed by atoms with Gasteiger partial charge in [-0.2, -0.15) is 0 Å². The topological polar surface area (TPSA) is 55.0 Å². The summed E-state index contributed by atoms with van der Waals surface area (Å²) in [5, 5.41) is 0. The lowest BCUT2D eigenvalue weighted by atomic mass is 9.89. The molecule has 1 unspecified atom stereocenters. The number of hydrogen-bond acceptors (Lipinski definition) is 3. The average molecular weight is 296 g/mol. The number of aryl methyl sites for hydroxylation is 1. The molecule has 0 fully saturated rings. The molecule has 1 heterocycles. The van der Waals surface area contributed by atoms with Gasteiger partial charge in [0.05, 0.1) is 18.6 Å². The lowest BCUT2D eigenvalue weighted by Gasteiger charge is -2.23. The Morgan fingerprint density at radius 3 is 3.14 bits per heavy atom. The largest absolute Gasteiger partial charge is 0.493 e. The van der Waals surface area contributed by atoms with E-state index in [2.05, 4.69) is 9.97 Å². The van der Waals surface area contributed by atoms with Crippen LogP contribution in [-0.2, 0) is 12.8 Å². The van der Waals surface area contributed by atoms with Gasteiger partial charge in [-0.3, -0.25) is 4.79 Å². The summed E-state index contributed by atoms with van der Waals surface area (Å²) in [7, 11) is 0. The van der Waals surface area contributed by atoms with Crippen LogP contribution in [0.25, 0.3) is 0 Å². The van der Waals surface area contributed by atoms with Gasteiger partial charge in [0.15, 0.2) is 5.78 Å². The van der Waals surface area contributed by atoms with Crippen LogP contribution in [0.1, 0.15) is 58.9 Å². The van der Waals surface area contributed by atoms with Crippen molar-refractivity contribution < 1.29 is 9.53 Å². The predicted molar refractivity (Wildman–Crippen MR) is 83.5 cm³/mol. The van der Waals surface area contributed by atoms with Gasteiger partial charge in [0.25, 0.3) is 0 Å². The van der Waals surface area contributed by atoms with Crippen LogP contribution in [0.5, 0.6) is 5.75 Å². The summed E-state index contributed by atoms with van der Waals surface area (Å²) in [6, 6.07) is 5.85. The molecule has 0 saturated carbocycles. The van der Waals surface area contributed by atoms with Gasteiger partial charge in [-0.05, 0) is 38.2 Å². The summed E-state index contributed by atoms with van der Waals surface area (Å²) in [4.78, 5) is 19.7. The molecule has 0 aliphatic heterocycles. The van der Waals surface area contributed by atoms with Crippen molar-refractivity contribution in [1.29, 1.82) is 0 Å². The third kappa shape index (κ3) is 2.32. The summed E-state index contributed by atoms with van der Waals surface area (Å²) in [6.07, 6.45) is 7.69. The number of fused-ring (bicyclic) bond motifs is 2. The van der Waals surface area contributed by atoms with Crippen LogP contribution in [0.4, 0.5) is 0 Å². The van der Waals surface area contributed by atoms with Gasteiger partial charge in [0.2, 0.25) is 0 Å². The van der Waals surface area contributed by atoms with Gasteiger partial charge < -0.3 is 9.72 Å². The zero-order valence-electron chi connectivity index (χ0n) is 12.6. The molecule has 1 N–H and O–H groups in total. The van der Waals surface area contributed by atoms with Gasteiger partial charge in [-0.25, -0.2) is 4.98 Å². The van der Waals surface area contributed by atoms with Gasteiger partial charge in [-0.1, -0.05) is 12.1 Å². The fourth-order valence-corrected chi connectivity index (χ4v) is 3.68. The number of carbonyl (C=O) groups is 1. The molecule has 114 valence electrons. The molecule has 1 aromatic heterocycles. The number of hydrogen-bond donors (Lipinski definition) is 1. The van der Waals surface area contributed by atoms with Gasteiger partial charge in [0, 0.05) is 29.2 Å². The third-order valence-corrected chi connectivity index (χ3v) is 4.82. The molecule has 2 aliphatic carbocycles. The van der Waals surface area contributed by atoms with Crippen LogP contribution in [0.3, 0.4) is 0 Å². The number of nitrogens with zero attached hydrogens (tertiary/aromatic N) is 1. The first-order valence-electron chi connectivity index (χ1n) is 8.13. The molecule has 0 amide bonds. The molecule has 0 radical (unpaired) electrons. The second-order valence-corrected chi connectivity index (χ2v) is 6.23. The summed E-state index contributed by atoms with van der Waals surface area (Å²) in [5.41, 5.74) is 4.36. The molecule has 1 aromatic carbocycles. The van der Waals surface area contributed by atoms with E-state index in [0.29, 0.717) is 18.9 Å². The number of imidazole rings is 1. The fraction of sp³-hybridized carbons (Fsp3) is 0.444. The Labute approximate surface area is 129 Å². The normalized spacial score (nSPS) is 20.4. The Hall–Kier alpha value is -2.10. The highest BCUT2D eigenvalue weighted by Gasteiger charge is 2.25. The minimum Gasteiger partial charge on any atom is -0.493 e. The molecule has 22 heavy (non-hydrogen) atoms.